The average Bonchev–Trinajstić information content (AvgIpc) is 1.33. The second-order valence-corrected chi connectivity index (χ2v) is 34.7. The highest BCUT2D eigenvalue weighted by atomic mass is 19.2. The zero-order chi connectivity index (χ0) is 98.7. The number of aromatic hydroxyl groups is 1. The summed E-state index contributed by atoms with van der Waals surface area (Å²) in [6.45, 7) is 19.6. The quantitative estimate of drug-likeness (QED) is 0.00831. The molecular formula is C107H116F11N7O10. The SMILES string of the molecule is C/C(=C/c1ccc(F)c(OCc2ccccc2)c1)[N+](=O)[O-].CC(Cc1ccc(F)c(O)c1)NCC(C)(C)F.CC(Cc1ccc(F)c(OCc2ccccc2)c1)NCC(C)(C)F.CC(N)Cc1ccc(F)c(OCc2ccccc2)c1.CC1Cc2cc(-c3cnn(C)c3)c(F)cc2C(c2c(F)cc(/C=C/C(=O)O)cc2F)N1CC(C)(C)F.O=CCc1ccc(F)c(OCc2ccccc2)c1. The normalized spacial score (nSPS) is 13.8. The van der Waals surface area contributed by atoms with Crippen LogP contribution in [0.15, 0.2) is 261 Å². The molecule has 716 valence electrons. The molecule has 12 aromatic rings. The van der Waals surface area contributed by atoms with Crippen molar-refractivity contribution in [2.24, 2.45) is 12.8 Å². The summed E-state index contributed by atoms with van der Waals surface area (Å²) in [6.07, 6.45) is 9.93. The number of carboxylic acids is 1. The maximum absolute atomic E-state index is 15.4. The number of nitrogens with zero attached hydrogens (tertiary/aromatic N) is 4. The van der Waals surface area contributed by atoms with Gasteiger partial charge < -0.3 is 50.3 Å². The van der Waals surface area contributed by atoms with E-state index in [4.69, 9.17) is 29.8 Å². The van der Waals surface area contributed by atoms with E-state index in [0.717, 1.165) is 75.1 Å². The summed E-state index contributed by atoms with van der Waals surface area (Å²) in [5.41, 5.74) is 11.1. The lowest BCUT2D eigenvalue weighted by atomic mass is 9.82. The maximum Gasteiger partial charge on any atom is 0.328 e. The van der Waals surface area contributed by atoms with E-state index in [-0.39, 0.29) is 114 Å². The molecule has 5 atom stereocenters. The van der Waals surface area contributed by atoms with Crippen LogP contribution < -0.4 is 35.3 Å². The van der Waals surface area contributed by atoms with E-state index in [2.05, 4.69) is 15.7 Å². The van der Waals surface area contributed by atoms with Crippen molar-refractivity contribution in [3.8, 4) is 39.9 Å². The van der Waals surface area contributed by atoms with Crippen LogP contribution in [0, 0.1) is 56.7 Å². The van der Waals surface area contributed by atoms with Gasteiger partial charge in [0.1, 0.15) is 67.2 Å². The minimum absolute atomic E-state index is 0.0179. The molecule has 0 spiro atoms. The van der Waals surface area contributed by atoms with Crippen molar-refractivity contribution in [3.05, 3.63) is 390 Å². The molecule has 28 heteroatoms. The van der Waals surface area contributed by atoms with Gasteiger partial charge in [0.15, 0.2) is 57.8 Å². The number of nitrogens with two attached hydrogens (primary N) is 1. The number of carbonyl (C=O) groups excluding carboxylic acids is 1. The van der Waals surface area contributed by atoms with E-state index in [0.29, 0.717) is 73.3 Å². The van der Waals surface area contributed by atoms with Gasteiger partial charge in [-0.25, -0.2) is 53.1 Å². The van der Waals surface area contributed by atoms with Gasteiger partial charge in [-0.2, -0.15) is 5.10 Å². The maximum atomic E-state index is 15.4. The van der Waals surface area contributed by atoms with Crippen LogP contribution in [0.5, 0.6) is 28.7 Å². The Morgan fingerprint density at radius 3 is 1.33 bits per heavy atom. The van der Waals surface area contributed by atoms with Crippen LogP contribution in [0.25, 0.3) is 23.3 Å². The molecule has 6 N–H and O–H groups in total. The molecule has 135 heavy (non-hydrogen) atoms. The molecule has 5 unspecified atom stereocenters. The summed E-state index contributed by atoms with van der Waals surface area (Å²) in [5, 5.41) is 38.9. The number of hydrogen-bond donors (Lipinski definition) is 5. The Balaban J connectivity index is 0.000000204. The highest BCUT2D eigenvalue weighted by molar-refractivity contribution is 5.85. The van der Waals surface area contributed by atoms with Crippen molar-refractivity contribution in [3.63, 3.8) is 0 Å². The van der Waals surface area contributed by atoms with Crippen LogP contribution in [-0.2, 0) is 75.2 Å². The average molecular weight is 1870 g/mol. The van der Waals surface area contributed by atoms with Gasteiger partial charge in [0.05, 0.1) is 17.2 Å². The number of nitro groups is 1. The van der Waals surface area contributed by atoms with Crippen molar-refractivity contribution >= 4 is 24.4 Å². The first kappa shape index (κ1) is 107. The first-order chi connectivity index (χ1) is 63.9. The van der Waals surface area contributed by atoms with Gasteiger partial charge in [-0.15, -0.1) is 0 Å². The minimum Gasteiger partial charge on any atom is -0.505 e. The summed E-state index contributed by atoms with van der Waals surface area (Å²) >= 11 is 0. The Labute approximate surface area is 781 Å². The first-order valence-corrected chi connectivity index (χ1v) is 43.8. The van der Waals surface area contributed by atoms with Crippen molar-refractivity contribution < 1.29 is 92.0 Å². The van der Waals surface area contributed by atoms with E-state index in [1.165, 1.54) is 101 Å². The Morgan fingerprint density at radius 1 is 0.533 bits per heavy atom. The van der Waals surface area contributed by atoms with Crippen LogP contribution >= 0.6 is 0 Å². The van der Waals surface area contributed by atoms with Gasteiger partial charge in [-0.05, 0) is 253 Å². The van der Waals surface area contributed by atoms with Crippen molar-refractivity contribution in [1.29, 1.82) is 0 Å². The largest absolute Gasteiger partial charge is 0.505 e. The predicted octanol–water partition coefficient (Wildman–Crippen LogP) is 23.6. The number of carboxylic acid groups (broad SMARTS) is 1. The fourth-order valence-electron chi connectivity index (χ4n) is 14.0. The molecule has 1 aliphatic heterocycles. The zero-order valence-corrected chi connectivity index (χ0v) is 77.5. The zero-order valence-electron chi connectivity index (χ0n) is 77.5. The van der Waals surface area contributed by atoms with Crippen LogP contribution in [0.3, 0.4) is 0 Å². The van der Waals surface area contributed by atoms with Crippen molar-refractivity contribution in [2.75, 3.05) is 19.6 Å². The molecule has 0 saturated heterocycles. The Kier molecular flexibility index (Phi) is 41.1. The van der Waals surface area contributed by atoms with E-state index >= 15 is 13.2 Å². The lowest BCUT2D eigenvalue weighted by Crippen LogP contribution is -2.48. The number of rotatable bonds is 34. The number of alkyl halides is 3. The summed E-state index contributed by atoms with van der Waals surface area (Å²) in [4.78, 5) is 33.0. The predicted molar refractivity (Wildman–Crippen MR) is 506 cm³/mol. The molecule has 0 fully saturated rings. The lowest BCUT2D eigenvalue weighted by molar-refractivity contribution is -0.422. The van der Waals surface area contributed by atoms with Crippen LogP contribution in [0.1, 0.15) is 155 Å². The van der Waals surface area contributed by atoms with Gasteiger partial charge in [-0.1, -0.05) is 152 Å². The fraction of sp³-hybridized carbons (Fsp3) is 0.299. The number of ether oxygens (including phenoxy) is 4. The molecular weight excluding hydrogens is 1750 g/mol. The molecule has 1 aliphatic rings. The number of aryl methyl sites for hydroxylation is 1. The third kappa shape index (κ3) is 37.3. The number of aromatic nitrogens is 2. The number of carbonyl (C=O) groups is 2. The smallest absolute Gasteiger partial charge is 0.328 e. The number of fused-ring (bicyclic) bond motifs is 1. The number of aliphatic carboxylic acids is 1. The third-order valence-electron chi connectivity index (χ3n) is 20.6. The Hall–Kier alpha value is -13.3. The molecule has 0 aliphatic carbocycles. The number of allylic oxidation sites excluding steroid dienone is 1. The van der Waals surface area contributed by atoms with Crippen LogP contribution in [0.4, 0.5) is 48.3 Å². The number of nitrogens with one attached hydrogen (secondary N) is 2. The van der Waals surface area contributed by atoms with Gasteiger partial charge in [-0.3, -0.25) is 19.7 Å². The van der Waals surface area contributed by atoms with E-state index in [9.17, 15) is 59.9 Å². The van der Waals surface area contributed by atoms with Crippen LogP contribution in [-0.4, -0.2) is 103 Å². The van der Waals surface area contributed by atoms with E-state index in [1.54, 1.807) is 85.2 Å². The van der Waals surface area contributed by atoms with Gasteiger partial charge in [0, 0.05) is 99.2 Å². The molecule has 2 heterocycles. The highest BCUT2D eigenvalue weighted by Gasteiger charge is 2.40. The molecule has 0 saturated carbocycles. The second kappa shape index (κ2) is 51.8. The second-order valence-electron chi connectivity index (χ2n) is 34.7. The monoisotopic (exact) mass is 1870 g/mol. The molecule has 0 amide bonds. The number of phenolic OH excluding ortho intramolecular Hbond substituents is 1. The number of aldehydes is 1. The summed E-state index contributed by atoms with van der Waals surface area (Å²) in [5.74, 6) is -5.52. The van der Waals surface area contributed by atoms with Crippen molar-refractivity contribution in [2.45, 2.75) is 182 Å². The molecule has 13 rings (SSSR count). The summed E-state index contributed by atoms with van der Waals surface area (Å²) < 4.78 is 179. The topological polar surface area (TPSA) is 226 Å². The van der Waals surface area contributed by atoms with E-state index in [1.807, 2.05) is 149 Å². The summed E-state index contributed by atoms with van der Waals surface area (Å²) in [6, 6.07) is 64.7. The molecule has 17 nitrogen and oxygen atoms in total. The minimum atomic E-state index is -1.69. The fourth-order valence-corrected chi connectivity index (χ4v) is 14.0. The number of halogens is 11. The summed E-state index contributed by atoms with van der Waals surface area (Å²) in [7, 11) is 1.72. The first-order valence-electron chi connectivity index (χ1n) is 43.8. The van der Waals surface area contributed by atoms with Gasteiger partial charge >= 0.3 is 5.97 Å². The van der Waals surface area contributed by atoms with Gasteiger partial charge in [0.2, 0.25) is 5.70 Å². The lowest BCUT2D eigenvalue weighted by Gasteiger charge is -2.44. The third-order valence-corrected chi connectivity index (χ3v) is 20.6. The standard InChI is InChI=1S/C27H27F4N3O2.C20H25F2NO.C16H14FNO3.C16H18FNO.C15H13FO2.C13H19F2NO/c1-15-7-17-10-19(18-12-32-33(4)13-18)21(28)11-20(17)26(34(15)14-27(2,3)31)25-22(29)8-16(9-23(25)30)5-6-24(35)36;1-15(23-14-20(2,3)22)11-17-9-10-18(21)19(12-17)24-13-16-7-5-4-6-8-16;1-12(18(19)20)9-14-7-8-15(17)16(10-14)21-11-13-5-3-2-4-6-13;1-12(18)9-14-7-8-15(17)16(10-14)19-11-13-5-3-2-4-6-13;16-14-7-6-12(8-9-17)10-15(14)18-11-13-4-2-1-3-5-13;1-9(16-8-13(2,3)15)6-10-4-5-11(14)12(17)7-10/h5-6,8-13,15,26H,7,14H2,1-4H3,(H,35,36);4-10,12,15,23H,11,13-14H2,1-3H3;2-10H,11H2,1H3;2-8,10,12H,9,11,18H2,1H3;1-7,9-10H,8,11H2;4-5,7,9,16-17H,6,8H2,1-3H3/b6-5+;;12-9-;;;. The van der Waals surface area contributed by atoms with Gasteiger partial charge in [0.25, 0.3) is 0 Å². The highest BCUT2D eigenvalue weighted by Crippen LogP contribution is 2.44. The molecule has 0 bridgehead atoms. The molecule has 1 aromatic heterocycles. The number of benzene rings is 11. The van der Waals surface area contributed by atoms with E-state index < -0.39 is 68.8 Å². The van der Waals surface area contributed by atoms with Crippen molar-refractivity contribution in [1.82, 2.24) is 25.3 Å². The Morgan fingerprint density at radius 2 is 0.941 bits per heavy atom. The Bertz CT molecular complexity index is 5830. The molecule has 11 aromatic carbocycles. The van der Waals surface area contributed by atoms with Crippen LogP contribution in [0.2, 0.25) is 0 Å². The number of phenols is 1. The number of hydrogen-bond acceptors (Lipinski definition) is 14. The molecule has 0 radical (unpaired) electrons.